The molecule has 0 saturated carbocycles. The molecule has 0 heterocycles. The van der Waals surface area contributed by atoms with E-state index in [1.807, 2.05) is 0 Å². The average Bonchev–Trinajstić information content (AvgIpc) is 2.85. The normalized spacial score (nSPS) is 10.3. The minimum Gasteiger partial charge on any atom is -0.497 e. The predicted octanol–water partition coefficient (Wildman–Crippen LogP) is 3.28. The highest BCUT2D eigenvalue weighted by atomic mass is 16.5. The van der Waals surface area contributed by atoms with Crippen LogP contribution in [0.5, 0.6) is 23.0 Å². The van der Waals surface area contributed by atoms with Crippen LogP contribution in [0.25, 0.3) is 0 Å². The molecule has 0 fully saturated rings. The van der Waals surface area contributed by atoms with E-state index in [9.17, 15) is 14.4 Å². The first-order chi connectivity index (χ1) is 16.3. The lowest BCUT2D eigenvalue weighted by Crippen LogP contribution is -2.35. The number of esters is 1. The summed E-state index contributed by atoms with van der Waals surface area (Å²) in [7, 11) is 5.85. The maximum Gasteiger partial charge on any atom is 0.325 e. The van der Waals surface area contributed by atoms with Crippen molar-refractivity contribution in [2.45, 2.75) is 26.3 Å². The summed E-state index contributed by atoms with van der Waals surface area (Å²) in [6, 6.07) is 10.2. The van der Waals surface area contributed by atoms with Crippen molar-refractivity contribution in [1.82, 2.24) is 4.90 Å². The van der Waals surface area contributed by atoms with Crippen molar-refractivity contribution in [2.75, 3.05) is 41.6 Å². The molecule has 0 bridgehead atoms. The number of ether oxygens (including phenoxy) is 5. The first-order valence-corrected chi connectivity index (χ1v) is 10.7. The molecular weight excluding hydrogens is 442 g/mol. The number of amides is 1. The van der Waals surface area contributed by atoms with Crippen molar-refractivity contribution in [1.29, 1.82) is 0 Å². The molecule has 34 heavy (non-hydrogen) atoms. The first-order valence-electron chi connectivity index (χ1n) is 10.7. The van der Waals surface area contributed by atoms with Gasteiger partial charge in [0.1, 0.15) is 18.0 Å². The molecule has 2 rings (SSSR count). The number of rotatable bonds is 13. The molecule has 1 amide bonds. The smallest absolute Gasteiger partial charge is 0.325 e. The van der Waals surface area contributed by atoms with Gasteiger partial charge in [-0.1, -0.05) is 0 Å². The number of benzene rings is 2. The Kier molecular flexibility index (Phi) is 10.2. The maximum atomic E-state index is 12.9. The van der Waals surface area contributed by atoms with E-state index in [-0.39, 0.29) is 37.8 Å². The summed E-state index contributed by atoms with van der Waals surface area (Å²) >= 11 is 0. The lowest BCUT2D eigenvalue weighted by molar-refractivity contribution is -0.147. The second-order valence-corrected chi connectivity index (χ2v) is 7.42. The van der Waals surface area contributed by atoms with Gasteiger partial charge in [0, 0.05) is 24.6 Å². The van der Waals surface area contributed by atoms with E-state index in [1.165, 1.54) is 26.0 Å². The fraction of sp³-hybridized carbons (Fsp3) is 0.400. The van der Waals surface area contributed by atoms with Crippen molar-refractivity contribution in [3.63, 3.8) is 0 Å². The van der Waals surface area contributed by atoms with Gasteiger partial charge in [-0.2, -0.15) is 0 Å². The lowest BCUT2D eigenvalue weighted by atomic mass is 10.1. The van der Waals surface area contributed by atoms with Crippen LogP contribution in [0.15, 0.2) is 36.4 Å². The van der Waals surface area contributed by atoms with Gasteiger partial charge in [0.25, 0.3) is 0 Å². The van der Waals surface area contributed by atoms with Gasteiger partial charge < -0.3 is 28.6 Å². The van der Waals surface area contributed by atoms with Crippen molar-refractivity contribution in [3.05, 3.63) is 47.5 Å². The number of methoxy groups -OCH3 is 4. The van der Waals surface area contributed by atoms with Gasteiger partial charge in [0.05, 0.1) is 35.0 Å². The number of hydrogen-bond donors (Lipinski definition) is 0. The minimum absolute atomic E-state index is 0.0743. The van der Waals surface area contributed by atoms with Gasteiger partial charge in [0.15, 0.2) is 17.3 Å². The molecule has 0 spiro atoms. The molecule has 9 heteroatoms. The summed E-state index contributed by atoms with van der Waals surface area (Å²) in [4.78, 5) is 37.8. The summed E-state index contributed by atoms with van der Waals surface area (Å²) in [5.74, 6) is 1.27. The Morgan fingerprint density at radius 2 is 1.53 bits per heavy atom. The Bertz CT molecular complexity index is 982. The Morgan fingerprint density at radius 1 is 0.853 bits per heavy atom. The molecule has 0 aromatic heterocycles. The van der Waals surface area contributed by atoms with Gasteiger partial charge in [-0.25, -0.2) is 0 Å². The molecular formula is C25H31NO8. The third kappa shape index (κ3) is 7.68. The second kappa shape index (κ2) is 13.1. The monoisotopic (exact) mass is 473 g/mol. The zero-order valence-electron chi connectivity index (χ0n) is 20.2. The summed E-state index contributed by atoms with van der Waals surface area (Å²) in [5, 5.41) is 0. The first kappa shape index (κ1) is 26.5. The number of hydrogen-bond acceptors (Lipinski definition) is 8. The molecule has 0 atom stereocenters. The number of carbonyl (C=O) groups is 3. The highest BCUT2D eigenvalue weighted by Gasteiger charge is 2.19. The van der Waals surface area contributed by atoms with Crippen LogP contribution in [0.4, 0.5) is 0 Å². The topological polar surface area (TPSA) is 101 Å². The van der Waals surface area contributed by atoms with Crippen molar-refractivity contribution in [2.24, 2.45) is 0 Å². The molecule has 0 aliphatic carbocycles. The van der Waals surface area contributed by atoms with Crippen molar-refractivity contribution in [3.8, 4) is 23.0 Å². The maximum absolute atomic E-state index is 12.9. The Morgan fingerprint density at radius 3 is 2.09 bits per heavy atom. The molecule has 2 aromatic rings. The zero-order valence-corrected chi connectivity index (χ0v) is 20.2. The third-order valence-electron chi connectivity index (χ3n) is 5.05. The van der Waals surface area contributed by atoms with Crippen LogP contribution in [0, 0.1) is 0 Å². The van der Waals surface area contributed by atoms with Crippen LogP contribution < -0.4 is 18.9 Å². The highest BCUT2D eigenvalue weighted by molar-refractivity contribution is 5.94. The van der Waals surface area contributed by atoms with Gasteiger partial charge in [-0.3, -0.25) is 14.4 Å². The summed E-state index contributed by atoms with van der Waals surface area (Å²) < 4.78 is 26.3. The van der Waals surface area contributed by atoms with E-state index in [1.54, 1.807) is 50.6 Å². The summed E-state index contributed by atoms with van der Waals surface area (Å²) in [5.41, 5.74) is 1.27. The molecule has 0 aliphatic rings. The molecule has 0 unspecified atom stereocenters. The molecule has 2 aromatic carbocycles. The molecule has 9 nitrogen and oxygen atoms in total. The third-order valence-corrected chi connectivity index (χ3v) is 5.05. The quantitative estimate of drug-likeness (QED) is 0.248. The van der Waals surface area contributed by atoms with E-state index in [4.69, 9.17) is 23.7 Å². The molecule has 184 valence electrons. The number of ketones is 1. The van der Waals surface area contributed by atoms with Gasteiger partial charge in [-0.05, 0) is 49.2 Å². The van der Waals surface area contributed by atoms with Gasteiger partial charge in [0.2, 0.25) is 5.91 Å². The second-order valence-electron chi connectivity index (χ2n) is 7.42. The van der Waals surface area contributed by atoms with Crippen LogP contribution >= 0.6 is 0 Å². The Hall–Kier alpha value is -3.75. The van der Waals surface area contributed by atoms with E-state index in [0.717, 1.165) is 5.56 Å². The van der Waals surface area contributed by atoms with Crippen LogP contribution in [-0.2, 0) is 20.9 Å². The number of nitrogens with zero attached hydrogens (tertiary/aromatic N) is 1. The van der Waals surface area contributed by atoms with Gasteiger partial charge >= 0.3 is 5.97 Å². The van der Waals surface area contributed by atoms with E-state index in [0.29, 0.717) is 35.0 Å². The molecule has 0 aliphatic heterocycles. The SMILES string of the molecule is COC(=O)CN(Cc1cc(OC)cc(OC)c1)C(=O)CCCOc1ccc(C(C)=O)cc1OC. The Balaban J connectivity index is 2.02. The fourth-order valence-electron chi connectivity index (χ4n) is 3.20. The van der Waals surface area contributed by atoms with E-state index < -0.39 is 5.97 Å². The molecule has 0 saturated heterocycles. The minimum atomic E-state index is -0.519. The van der Waals surface area contributed by atoms with Crippen molar-refractivity contribution >= 4 is 17.7 Å². The number of Topliss-reactive ketones (excluding diaryl/α,β-unsaturated/α-hetero) is 1. The van der Waals surface area contributed by atoms with Crippen LogP contribution in [0.1, 0.15) is 35.7 Å². The Labute approximate surface area is 199 Å². The van der Waals surface area contributed by atoms with Crippen LogP contribution in [0.3, 0.4) is 0 Å². The summed E-state index contributed by atoms with van der Waals surface area (Å²) in [6.45, 7) is 1.72. The lowest BCUT2D eigenvalue weighted by Gasteiger charge is -2.22. The predicted molar refractivity (Wildman–Crippen MR) is 125 cm³/mol. The standard InChI is InChI=1S/C25H31NO8/c1-17(27)19-8-9-22(23(13-19)32-4)34-10-6-7-24(28)26(16-25(29)33-5)15-18-11-20(30-2)14-21(12-18)31-3/h8-9,11-14H,6-7,10,15-16H2,1-5H3. The number of carbonyl (C=O) groups excluding carboxylic acids is 3. The van der Waals surface area contributed by atoms with Crippen molar-refractivity contribution < 1.29 is 38.1 Å². The zero-order chi connectivity index (χ0) is 25.1. The highest BCUT2D eigenvalue weighted by Crippen LogP contribution is 2.28. The summed E-state index contributed by atoms with van der Waals surface area (Å²) in [6.07, 6.45) is 0.571. The average molecular weight is 474 g/mol. The van der Waals surface area contributed by atoms with Gasteiger partial charge in [-0.15, -0.1) is 0 Å². The van der Waals surface area contributed by atoms with E-state index in [2.05, 4.69) is 0 Å². The largest absolute Gasteiger partial charge is 0.497 e. The molecule has 0 N–H and O–H groups in total. The van der Waals surface area contributed by atoms with Crippen LogP contribution in [-0.4, -0.2) is 64.2 Å². The fourth-order valence-corrected chi connectivity index (χ4v) is 3.20. The van der Waals surface area contributed by atoms with E-state index >= 15 is 0 Å². The molecule has 0 radical (unpaired) electrons. The van der Waals surface area contributed by atoms with Crippen LogP contribution in [0.2, 0.25) is 0 Å².